The highest BCUT2D eigenvalue weighted by atomic mass is 35.5. The molecule has 0 amide bonds. The molecule has 0 bridgehead atoms. The number of ether oxygens (including phenoxy) is 1. The number of halogens is 2. The molecule has 0 radical (unpaired) electrons. The molecule has 1 aromatic carbocycles. The molecule has 0 saturated carbocycles. The van der Waals surface area contributed by atoms with Crippen molar-refractivity contribution in [2.24, 2.45) is 5.92 Å². The molecular weight excluding hydrogens is 297 g/mol. The van der Waals surface area contributed by atoms with E-state index >= 15 is 0 Å². The number of likely N-dealkylation sites (tertiary alicyclic amines) is 1. The Morgan fingerprint density at radius 1 is 1.30 bits per heavy atom. The zero-order valence-corrected chi connectivity index (χ0v) is 13.0. The van der Waals surface area contributed by atoms with Crippen molar-refractivity contribution in [3.63, 3.8) is 0 Å². The molecule has 3 nitrogen and oxygen atoms in total. The molecule has 2 rings (SSSR count). The number of benzene rings is 1. The number of nitrogens with zero attached hydrogens (tertiary/aromatic N) is 1. The van der Waals surface area contributed by atoms with Gasteiger partial charge in [0, 0.05) is 16.9 Å². The molecule has 0 N–H and O–H groups in total. The van der Waals surface area contributed by atoms with Crippen LogP contribution in [0.1, 0.15) is 24.4 Å². The second-order valence-corrected chi connectivity index (χ2v) is 5.77. The fraction of sp³-hybridized carbons (Fsp3) is 0.533. The summed E-state index contributed by atoms with van der Waals surface area (Å²) in [6.07, 6.45) is 2.31. The van der Waals surface area contributed by atoms with E-state index in [1.54, 1.807) is 0 Å². The summed E-state index contributed by atoms with van der Waals surface area (Å²) in [6.45, 7) is 1.97. The zero-order chi connectivity index (χ0) is 14.5. The second-order valence-electron chi connectivity index (χ2n) is 5.02. The summed E-state index contributed by atoms with van der Waals surface area (Å²) in [5.74, 6) is -0.371. The first-order valence-electron chi connectivity index (χ1n) is 6.80. The third-order valence-electron chi connectivity index (χ3n) is 3.80. The van der Waals surface area contributed by atoms with E-state index in [0.717, 1.165) is 31.5 Å². The Balaban J connectivity index is 2.32. The van der Waals surface area contributed by atoms with Gasteiger partial charge in [-0.2, -0.15) is 0 Å². The highest BCUT2D eigenvalue weighted by Crippen LogP contribution is 2.33. The van der Waals surface area contributed by atoms with E-state index in [4.69, 9.17) is 27.9 Å². The quantitative estimate of drug-likeness (QED) is 0.615. The molecule has 0 spiro atoms. The largest absolute Gasteiger partial charge is 0.469 e. The van der Waals surface area contributed by atoms with Gasteiger partial charge < -0.3 is 4.74 Å². The van der Waals surface area contributed by atoms with Crippen LogP contribution in [0.25, 0.3) is 0 Å². The third kappa shape index (κ3) is 3.46. The zero-order valence-electron chi connectivity index (χ0n) is 11.5. The number of esters is 1. The van der Waals surface area contributed by atoms with Gasteiger partial charge in [-0.05, 0) is 43.6 Å². The molecule has 1 saturated heterocycles. The van der Waals surface area contributed by atoms with Crippen molar-refractivity contribution in [3.8, 4) is 0 Å². The Hall–Kier alpha value is -0.770. The maximum Gasteiger partial charge on any atom is 0.311 e. The van der Waals surface area contributed by atoms with Crippen LogP contribution in [-0.2, 0) is 9.53 Å². The molecule has 1 heterocycles. The SMILES string of the molecule is COC(=O)[C@@H](CCl)[C@@H](c1ccc(Cl)cc1)N1CCCC1. The molecule has 1 fully saturated rings. The summed E-state index contributed by atoms with van der Waals surface area (Å²) in [6, 6.07) is 7.59. The van der Waals surface area contributed by atoms with Crippen molar-refractivity contribution in [1.82, 2.24) is 4.90 Å². The molecule has 5 heteroatoms. The minimum atomic E-state index is -0.360. The van der Waals surface area contributed by atoms with Crippen LogP contribution in [0, 0.1) is 5.92 Å². The lowest BCUT2D eigenvalue weighted by atomic mass is 9.93. The molecule has 20 heavy (non-hydrogen) atoms. The van der Waals surface area contributed by atoms with Crippen molar-refractivity contribution in [2.45, 2.75) is 18.9 Å². The molecular formula is C15H19Cl2NO2. The number of carbonyl (C=O) groups is 1. The third-order valence-corrected chi connectivity index (χ3v) is 4.38. The van der Waals surface area contributed by atoms with Crippen LogP contribution in [0.5, 0.6) is 0 Å². The number of methoxy groups -OCH3 is 1. The topological polar surface area (TPSA) is 29.5 Å². The fourth-order valence-corrected chi connectivity index (χ4v) is 3.23. The summed E-state index contributed by atoms with van der Waals surface area (Å²) in [7, 11) is 1.41. The van der Waals surface area contributed by atoms with Gasteiger partial charge in [-0.3, -0.25) is 9.69 Å². The van der Waals surface area contributed by atoms with E-state index < -0.39 is 0 Å². The molecule has 1 aromatic rings. The van der Waals surface area contributed by atoms with E-state index in [-0.39, 0.29) is 23.8 Å². The van der Waals surface area contributed by atoms with Gasteiger partial charge in [-0.15, -0.1) is 11.6 Å². The van der Waals surface area contributed by atoms with Gasteiger partial charge in [0.1, 0.15) is 0 Å². The lowest BCUT2D eigenvalue weighted by Crippen LogP contribution is -2.37. The Morgan fingerprint density at radius 3 is 2.40 bits per heavy atom. The predicted octanol–water partition coefficient (Wildman–Crippen LogP) is 3.50. The number of hydrogen-bond donors (Lipinski definition) is 0. The molecule has 0 aromatic heterocycles. The first kappa shape index (κ1) is 15.6. The van der Waals surface area contributed by atoms with Crippen molar-refractivity contribution in [2.75, 3.05) is 26.1 Å². The maximum absolute atomic E-state index is 12.0. The van der Waals surface area contributed by atoms with Crippen LogP contribution < -0.4 is 0 Å². The highest BCUT2D eigenvalue weighted by Gasteiger charge is 2.35. The Bertz CT molecular complexity index is 444. The number of carbonyl (C=O) groups excluding carboxylic acids is 1. The van der Waals surface area contributed by atoms with Gasteiger partial charge in [0.2, 0.25) is 0 Å². The van der Waals surface area contributed by atoms with Crippen LogP contribution in [0.4, 0.5) is 0 Å². The minimum absolute atomic E-state index is 0.0419. The number of hydrogen-bond acceptors (Lipinski definition) is 3. The predicted molar refractivity (Wildman–Crippen MR) is 81.2 cm³/mol. The molecule has 0 unspecified atom stereocenters. The van der Waals surface area contributed by atoms with E-state index in [1.807, 2.05) is 24.3 Å². The Kier molecular flexibility index (Phi) is 5.70. The van der Waals surface area contributed by atoms with Gasteiger partial charge in [-0.25, -0.2) is 0 Å². The van der Waals surface area contributed by atoms with Gasteiger partial charge in [0.05, 0.1) is 13.0 Å². The summed E-state index contributed by atoms with van der Waals surface area (Å²) < 4.78 is 4.91. The van der Waals surface area contributed by atoms with E-state index in [0.29, 0.717) is 5.02 Å². The minimum Gasteiger partial charge on any atom is -0.469 e. The fourth-order valence-electron chi connectivity index (χ4n) is 2.80. The molecule has 110 valence electrons. The van der Waals surface area contributed by atoms with Crippen LogP contribution in [0.3, 0.4) is 0 Å². The summed E-state index contributed by atoms with van der Waals surface area (Å²) >= 11 is 12.0. The molecule has 1 aliphatic rings. The van der Waals surface area contributed by atoms with Crippen LogP contribution in [-0.4, -0.2) is 36.9 Å². The van der Waals surface area contributed by atoms with Crippen molar-refractivity contribution in [1.29, 1.82) is 0 Å². The van der Waals surface area contributed by atoms with Crippen molar-refractivity contribution < 1.29 is 9.53 Å². The first-order valence-corrected chi connectivity index (χ1v) is 7.72. The summed E-state index contributed by atoms with van der Waals surface area (Å²) in [4.78, 5) is 14.3. The first-order chi connectivity index (χ1) is 9.67. The lowest BCUT2D eigenvalue weighted by Gasteiger charge is -2.32. The van der Waals surface area contributed by atoms with E-state index in [9.17, 15) is 4.79 Å². The molecule has 2 atom stereocenters. The Morgan fingerprint density at radius 2 is 1.90 bits per heavy atom. The molecule has 0 aliphatic carbocycles. The standard InChI is InChI=1S/C15H19Cl2NO2/c1-20-15(19)13(10-16)14(18-8-2-3-9-18)11-4-6-12(17)7-5-11/h4-7,13-14H,2-3,8-10H2,1H3/t13-,14+/m0/s1. The average molecular weight is 316 g/mol. The average Bonchev–Trinajstić information content (AvgIpc) is 2.99. The van der Waals surface area contributed by atoms with Crippen LogP contribution in [0.15, 0.2) is 24.3 Å². The Labute approximate surface area is 129 Å². The maximum atomic E-state index is 12.0. The van der Waals surface area contributed by atoms with E-state index in [2.05, 4.69) is 4.90 Å². The smallest absolute Gasteiger partial charge is 0.311 e. The summed E-state index contributed by atoms with van der Waals surface area (Å²) in [5, 5.41) is 0.689. The summed E-state index contributed by atoms with van der Waals surface area (Å²) in [5.41, 5.74) is 1.06. The van der Waals surface area contributed by atoms with Gasteiger partial charge in [-0.1, -0.05) is 23.7 Å². The highest BCUT2D eigenvalue weighted by molar-refractivity contribution is 6.30. The lowest BCUT2D eigenvalue weighted by molar-refractivity contribution is -0.147. The molecule has 1 aliphatic heterocycles. The van der Waals surface area contributed by atoms with E-state index in [1.165, 1.54) is 7.11 Å². The van der Waals surface area contributed by atoms with Crippen LogP contribution >= 0.6 is 23.2 Å². The van der Waals surface area contributed by atoms with Gasteiger partial charge >= 0.3 is 5.97 Å². The normalized spacial score (nSPS) is 18.8. The van der Waals surface area contributed by atoms with Gasteiger partial charge in [0.25, 0.3) is 0 Å². The van der Waals surface area contributed by atoms with Crippen molar-refractivity contribution in [3.05, 3.63) is 34.9 Å². The van der Waals surface area contributed by atoms with Crippen LogP contribution in [0.2, 0.25) is 5.02 Å². The van der Waals surface area contributed by atoms with Gasteiger partial charge in [0.15, 0.2) is 0 Å². The monoisotopic (exact) mass is 315 g/mol. The number of rotatable bonds is 5. The second kappa shape index (κ2) is 7.30. The number of alkyl halides is 1. The van der Waals surface area contributed by atoms with Crippen molar-refractivity contribution >= 4 is 29.2 Å².